The van der Waals surface area contributed by atoms with Crippen molar-refractivity contribution in [3.63, 3.8) is 0 Å². The highest BCUT2D eigenvalue weighted by molar-refractivity contribution is 5.76. The highest BCUT2D eigenvalue weighted by atomic mass is 16.5. The van der Waals surface area contributed by atoms with Gasteiger partial charge in [-0.15, -0.1) is 0 Å². The van der Waals surface area contributed by atoms with Crippen LogP contribution in [0.2, 0.25) is 0 Å². The van der Waals surface area contributed by atoms with E-state index in [2.05, 4.69) is 48.3 Å². The number of hydrogen-bond acceptors (Lipinski definition) is 4. The Hall–Kier alpha value is -1.43. The second-order valence-electron chi connectivity index (χ2n) is 7.05. The first-order valence-electron chi connectivity index (χ1n) is 8.94. The number of amides is 1. The molecule has 1 saturated heterocycles. The maximum absolute atomic E-state index is 12.3. The third kappa shape index (κ3) is 6.59. The predicted octanol–water partition coefficient (Wildman–Crippen LogP) is 1.77. The lowest BCUT2D eigenvalue weighted by Crippen LogP contribution is -2.46. The van der Waals surface area contributed by atoms with E-state index in [1.807, 2.05) is 6.07 Å². The van der Waals surface area contributed by atoms with Crippen molar-refractivity contribution in [2.24, 2.45) is 11.7 Å². The molecule has 1 aromatic carbocycles. The topological polar surface area (TPSA) is 67.6 Å². The van der Waals surface area contributed by atoms with Gasteiger partial charge < -0.3 is 15.8 Å². The number of benzene rings is 1. The van der Waals surface area contributed by atoms with Crippen molar-refractivity contribution < 1.29 is 9.53 Å². The van der Waals surface area contributed by atoms with Crippen molar-refractivity contribution >= 4 is 5.91 Å². The summed E-state index contributed by atoms with van der Waals surface area (Å²) in [7, 11) is 0. The lowest BCUT2D eigenvalue weighted by atomic mass is 10.0. The Labute approximate surface area is 145 Å². The molecule has 1 aromatic rings. The number of carbonyl (C=O) groups is 1. The summed E-state index contributed by atoms with van der Waals surface area (Å²) < 4.78 is 5.78. The van der Waals surface area contributed by atoms with Gasteiger partial charge in [0.2, 0.25) is 5.91 Å². The smallest absolute Gasteiger partial charge is 0.222 e. The summed E-state index contributed by atoms with van der Waals surface area (Å²) in [6, 6.07) is 10.5. The van der Waals surface area contributed by atoms with Crippen LogP contribution in [0, 0.1) is 5.92 Å². The molecule has 0 aromatic heterocycles. The van der Waals surface area contributed by atoms with Gasteiger partial charge >= 0.3 is 0 Å². The summed E-state index contributed by atoms with van der Waals surface area (Å²) in [5, 5.41) is 3.05. The third-order valence-corrected chi connectivity index (χ3v) is 4.29. The number of ether oxygens (including phenoxy) is 1. The number of hydrogen-bond donors (Lipinski definition) is 2. The molecule has 2 rings (SSSR count). The van der Waals surface area contributed by atoms with Crippen molar-refractivity contribution in [2.75, 3.05) is 26.2 Å². The molecule has 1 amide bonds. The van der Waals surface area contributed by atoms with Crippen LogP contribution in [0.4, 0.5) is 0 Å². The summed E-state index contributed by atoms with van der Waals surface area (Å²) in [6.07, 6.45) is 1.27. The molecule has 0 aliphatic carbocycles. The van der Waals surface area contributed by atoms with Crippen molar-refractivity contribution in [3.8, 4) is 0 Å². The van der Waals surface area contributed by atoms with Crippen LogP contribution in [0.1, 0.15) is 32.3 Å². The fourth-order valence-electron chi connectivity index (χ4n) is 3.17. The highest BCUT2D eigenvalue weighted by Gasteiger charge is 2.24. The lowest BCUT2D eigenvalue weighted by Gasteiger charge is -2.33. The van der Waals surface area contributed by atoms with Gasteiger partial charge in [0.05, 0.1) is 19.1 Å². The van der Waals surface area contributed by atoms with Crippen LogP contribution in [0.5, 0.6) is 0 Å². The van der Waals surface area contributed by atoms with Gasteiger partial charge in [0.1, 0.15) is 0 Å². The summed E-state index contributed by atoms with van der Waals surface area (Å²) in [5.41, 5.74) is 7.05. The largest absolute Gasteiger partial charge is 0.375 e. The SMILES string of the molecule is CC(C)CC(CN)NC(=O)CC1CN(Cc2ccccc2)CCO1. The van der Waals surface area contributed by atoms with E-state index in [0.29, 0.717) is 25.5 Å². The van der Waals surface area contributed by atoms with Crippen LogP contribution in [0.15, 0.2) is 30.3 Å². The molecule has 0 radical (unpaired) electrons. The molecular formula is C19H31N3O2. The van der Waals surface area contributed by atoms with E-state index in [9.17, 15) is 4.79 Å². The van der Waals surface area contributed by atoms with Gasteiger partial charge in [-0.2, -0.15) is 0 Å². The van der Waals surface area contributed by atoms with Gasteiger partial charge in [0.15, 0.2) is 0 Å². The van der Waals surface area contributed by atoms with Gasteiger partial charge in [-0.25, -0.2) is 0 Å². The first-order chi connectivity index (χ1) is 11.6. The Bertz CT molecular complexity index is 493. The van der Waals surface area contributed by atoms with Crippen LogP contribution < -0.4 is 11.1 Å². The fraction of sp³-hybridized carbons (Fsp3) is 0.632. The maximum atomic E-state index is 12.3. The van der Waals surface area contributed by atoms with Gasteiger partial charge in [-0.1, -0.05) is 44.2 Å². The lowest BCUT2D eigenvalue weighted by molar-refractivity contribution is -0.126. The number of rotatable bonds is 8. The molecule has 3 N–H and O–H groups in total. The molecule has 0 spiro atoms. The monoisotopic (exact) mass is 333 g/mol. The Balaban J connectivity index is 1.78. The minimum Gasteiger partial charge on any atom is -0.375 e. The standard InChI is InChI=1S/C19H31N3O2/c1-15(2)10-17(12-20)21-19(23)11-18-14-22(8-9-24-18)13-16-6-4-3-5-7-16/h3-7,15,17-18H,8-14,20H2,1-2H3,(H,21,23). The molecule has 2 atom stereocenters. The first-order valence-corrected chi connectivity index (χ1v) is 8.94. The Morgan fingerprint density at radius 2 is 2.12 bits per heavy atom. The van der Waals surface area contributed by atoms with Crippen LogP contribution in [-0.4, -0.2) is 49.2 Å². The number of carbonyl (C=O) groups excluding carboxylic acids is 1. The van der Waals surface area contributed by atoms with Gasteiger partial charge in [0.25, 0.3) is 0 Å². The summed E-state index contributed by atoms with van der Waals surface area (Å²) in [4.78, 5) is 14.6. The molecule has 134 valence electrons. The van der Waals surface area contributed by atoms with Crippen LogP contribution in [-0.2, 0) is 16.1 Å². The molecule has 5 nitrogen and oxygen atoms in total. The van der Waals surface area contributed by atoms with Crippen LogP contribution in [0.25, 0.3) is 0 Å². The first kappa shape index (κ1) is 18.9. The normalized spacial score (nSPS) is 20.1. The quantitative estimate of drug-likeness (QED) is 0.761. The van der Waals surface area contributed by atoms with E-state index in [1.54, 1.807) is 0 Å². The molecule has 5 heteroatoms. The van der Waals surface area contributed by atoms with E-state index in [4.69, 9.17) is 10.5 Å². The zero-order valence-electron chi connectivity index (χ0n) is 14.9. The van der Waals surface area contributed by atoms with E-state index >= 15 is 0 Å². The van der Waals surface area contributed by atoms with Crippen LogP contribution in [0.3, 0.4) is 0 Å². The average Bonchev–Trinajstić information content (AvgIpc) is 2.55. The van der Waals surface area contributed by atoms with Crippen molar-refractivity contribution in [1.29, 1.82) is 0 Å². The van der Waals surface area contributed by atoms with Gasteiger partial charge in [-0.3, -0.25) is 9.69 Å². The second kappa shape index (κ2) is 9.77. The minimum atomic E-state index is -0.0417. The maximum Gasteiger partial charge on any atom is 0.222 e. The zero-order chi connectivity index (χ0) is 17.4. The Morgan fingerprint density at radius 3 is 2.79 bits per heavy atom. The van der Waals surface area contributed by atoms with Crippen molar-refractivity contribution in [2.45, 2.75) is 45.4 Å². The fourth-order valence-corrected chi connectivity index (χ4v) is 3.17. The highest BCUT2D eigenvalue weighted by Crippen LogP contribution is 2.13. The Morgan fingerprint density at radius 1 is 1.38 bits per heavy atom. The molecule has 1 heterocycles. The van der Waals surface area contributed by atoms with E-state index in [0.717, 1.165) is 26.1 Å². The van der Waals surface area contributed by atoms with E-state index < -0.39 is 0 Å². The van der Waals surface area contributed by atoms with Gasteiger partial charge in [-0.05, 0) is 17.9 Å². The van der Waals surface area contributed by atoms with Gasteiger partial charge in [0, 0.05) is 32.2 Å². The minimum absolute atomic E-state index is 0.0395. The second-order valence-corrected chi connectivity index (χ2v) is 7.05. The van der Waals surface area contributed by atoms with Crippen LogP contribution >= 0.6 is 0 Å². The average molecular weight is 333 g/mol. The predicted molar refractivity (Wildman–Crippen MR) is 96.5 cm³/mol. The molecule has 1 aliphatic rings. The number of morpholine rings is 1. The molecule has 1 fully saturated rings. The number of nitrogens with one attached hydrogen (secondary N) is 1. The number of nitrogens with two attached hydrogens (primary N) is 1. The summed E-state index contributed by atoms with van der Waals surface area (Å²) in [6.45, 7) is 8.04. The Kier molecular flexibility index (Phi) is 7.69. The summed E-state index contributed by atoms with van der Waals surface area (Å²) >= 11 is 0. The molecule has 0 bridgehead atoms. The molecule has 0 saturated carbocycles. The van der Waals surface area contributed by atoms with E-state index in [1.165, 1.54) is 5.56 Å². The third-order valence-electron chi connectivity index (χ3n) is 4.29. The summed E-state index contributed by atoms with van der Waals surface area (Å²) in [5.74, 6) is 0.559. The number of nitrogens with zero attached hydrogens (tertiary/aromatic N) is 1. The molecule has 1 aliphatic heterocycles. The van der Waals surface area contributed by atoms with E-state index in [-0.39, 0.29) is 18.1 Å². The molecule has 2 unspecified atom stereocenters. The molecule has 24 heavy (non-hydrogen) atoms. The van der Waals surface area contributed by atoms with Crippen molar-refractivity contribution in [1.82, 2.24) is 10.2 Å². The van der Waals surface area contributed by atoms with Crippen molar-refractivity contribution in [3.05, 3.63) is 35.9 Å². The zero-order valence-corrected chi connectivity index (χ0v) is 14.9. The molecular weight excluding hydrogens is 302 g/mol.